The Balaban J connectivity index is 0. The van der Waals surface area contributed by atoms with Gasteiger partial charge in [-0.15, -0.1) is 10.6 Å². The van der Waals surface area contributed by atoms with E-state index >= 15 is 0 Å². The summed E-state index contributed by atoms with van der Waals surface area (Å²) in [5, 5.41) is 11.1. The summed E-state index contributed by atoms with van der Waals surface area (Å²) in [6.07, 6.45) is 4.68. The first-order valence-electron chi connectivity index (χ1n) is 5.25. The molecule has 1 radical (unpaired) electrons. The monoisotopic (exact) mass is 187 g/mol. The van der Waals surface area contributed by atoms with E-state index in [0.717, 1.165) is 21.6 Å². The lowest BCUT2D eigenvalue weighted by Gasteiger charge is -1.90. The van der Waals surface area contributed by atoms with Gasteiger partial charge in [-0.25, -0.2) is 0 Å². The minimum absolute atomic E-state index is 0.361. The largest absolute Gasteiger partial charge is 0.396 e. The molecule has 73 valence electrons. The van der Waals surface area contributed by atoms with Crippen LogP contribution in [0.15, 0.2) is 0 Å². The van der Waals surface area contributed by atoms with E-state index in [1.54, 1.807) is 0 Å². The molecule has 0 aromatic heterocycles. The van der Waals surface area contributed by atoms with Crippen LogP contribution in [0.25, 0.3) is 0 Å². The Bertz CT molecular complexity index is 51.8. The molecule has 0 spiro atoms. The first-order chi connectivity index (χ1) is 5.83. The molecule has 2 heteroatoms. The smallest absolute Gasteiger partial charge is 0.198 e. The van der Waals surface area contributed by atoms with Crippen LogP contribution in [0.5, 0.6) is 0 Å². The maximum atomic E-state index is 8.29. The fourth-order valence-electron chi connectivity index (χ4n) is 0.827. The number of hydrogen-bond donors (Lipinski definition) is 1. The summed E-state index contributed by atoms with van der Waals surface area (Å²) in [6, 6.07) is 0. The van der Waals surface area contributed by atoms with E-state index in [-0.39, 0.29) is 0 Å². The SMILES string of the molecule is CCCCCCO.C[CH2][Al][CH2]C. The van der Waals surface area contributed by atoms with Gasteiger partial charge in [0.1, 0.15) is 0 Å². The Morgan fingerprint density at radius 3 is 1.75 bits per heavy atom. The van der Waals surface area contributed by atoms with Crippen LogP contribution in [0, 0.1) is 0 Å². The molecule has 0 aliphatic carbocycles. The van der Waals surface area contributed by atoms with Gasteiger partial charge in [-0.2, -0.15) is 0 Å². The molecule has 0 heterocycles. The molecule has 0 aromatic rings. The van der Waals surface area contributed by atoms with Gasteiger partial charge in [-0.3, -0.25) is 0 Å². The third-order valence-corrected chi connectivity index (χ3v) is 2.74. The predicted octanol–water partition coefficient (Wildman–Crippen LogP) is 3.13. The fraction of sp³-hybridized carbons (Fsp3) is 1.00. The van der Waals surface area contributed by atoms with Crippen molar-refractivity contribution in [3.8, 4) is 0 Å². The third kappa shape index (κ3) is 22.4. The summed E-state index contributed by atoms with van der Waals surface area (Å²) in [5.74, 6) is 0. The lowest BCUT2D eigenvalue weighted by molar-refractivity contribution is 0.283. The molecule has 0 saturated heterocycles. The lowest BCUT2D eigenvalue weighted by Crippen LogP contribution is -1.80. The second-order valence-corrected chi connectivity index (χ2v) is 5.10. The minimum Gasteiger partial charge on any atom is -0.396 e. The first kappa shape index (κ1) is 15.0. The van der Waals surface area contributed by atoms with Crippen molar-refractivity contribution in [2.45, 2.75) is 57.0 Å². The zero-order chi connectivity index (χ0) is 9.66. The molecule has 0 aliphatic rings. The summed E-state index contributed by atoms with van der Waals surface area (Å²) < 4.78 is 0. The molecule has 0 atom stereocenters. The lowest BCUT2D eigenvalue weighted by atomic mass is 10.2. The van der Waals surface area contributed by atoms with Crippen LogP contribution in [-0.2, 0) is 0 Å². The highest BCUT2D eigenvalue weighted by atomic mass is 27.1. The first-order valence-corrected chi connectivity index (χ1v) is 6.89. The average molecular weight is 187 g/mol. The van der Waals surface area contributed by atoms with Crippen molar-refractivity contribution in [3.63, 3.8) is 0 Å². The van der Waals surface area contributed by atoms with E-state index in [1.807, 2.05) is 0 Å². The van der Waals surface area contributed by atoms with Crippen LogP contribution in [0.2, 0.25) is 10.6 Å². The molecular formula is C10H24AlO. The van der Waals surface area contributed by atoms with Crippen LogP contribution in [0.3, 0.4) is 0 Å². The van der Waals surface area contributed by atoms with Crippen molar-refractivity contribution < 1.29 is 5.11 Å². The Morgan fingerprint density at radius 1 is 0.917 bits per heavy atom. The van der Waals surface area contributed by atoms with E-state index in [2.05, 4.69) is 20.8 Å². The minimum atomic E-state index is 0.361. The number of unbranched alkanes of at least 4 members (excludes halogenated alkanes) is 3. The molecule has 0 fully saturated rings. The van der Waals surface area contributed by atoms with Crippen molar-refractivity contribution in [2.75, 3.05) is 6.61 Å². The molecule has 12 heavy (non-hydrogen) atoms. The highest BCUT2D eigenvalue weighted by Crippen LogP contribution is 1.96. The van der Waals surface area contributed by atoms with Gasteiger partial charge in [-0.1, -0.05) is 40.0 Å². The van der Waals surface area contributed by atoms with Crippen LogP contribution < -0.4 is 0 Å². The number of aliphatic hydroxyl groups is 1. The van der Waals surface area contributed by atoms with E-state index < -0.39 is 0 Å². The third-order valence-electron chi connectivity index (χ3n) is 1.59. The van der Waals surface area contributed by atoms with Crippen molar-refractivity contribution in [1.29, 1.82) is 0 Å². The second-order valence-electron chi connectivity index (χ2n) is 2.89. The molecule has 0 rings (SSSR count). The highest BCUT2D eigenvalue weighted by molar-refractivity contribution is 6.34. The summed E-state index contributed by atoms with van der Waals surface area (Å²) >= 11 is 0.815. The van der Waals surface area contributed by atoms with E-state index in [1.165, 1.54) is 29.8 Å². The molecule has 0 bridgehead atoms. The molecule has 0 aliphatic heterocycles. The zero-order valence-corrected chi connectivity index (χ0v) is 10.1. The Labute approximate surface area is 84.3 Å². The van der Waals surface area contributed by atoms with Crippen LogP contribution >= 0.6 is 0 Å². The zero-order valence-electron chi connectivity index (χ0n) is 8.97. The summed E-state index contributed by atoms with van der Waals surface area (Å²) in [5.41, 5.74) is 0. The molecule has 0 aromatic carbocycles. The maximum Gasteiger partial charge on any atom is 0.198 e. The Hall–Kier alpha value is 0.492. The van der Waals surface area contributed by atoms with Gasteiger partial charge in [0.15, 0.2) is 15.2 Å². The molecule has 1 nitrogen and oxygen atoms in total. The van der Waals surface area contributed by atoms with E-state index in [4.69, 9.17) is 5.11 Å². The van der Waals surface area contributed by atoms with Crippen molar-refractivity contribution in [3.05, 3.63) is 0 Å². The van der Waals surface area contributed by atoms with Crippen molar-refractivity contribution in [1.82, 2.24) is 0 Å². The Kier molecular flexibility index (Phi) is 21.9. The van der Waals surface area contributed by atoms with E-state index in [9.17, 15) is 0 Å². The fourth-order valence-corrected chi connectivity index (χ4v) is 1.40. The molecular weight excluding hydrogens is 163 g/mol. The number of rotatable bonds is 6. The Morgan fingerprint density at radius 2 is 1.50 bits per heavy atom. The van der Waals surface area contributed by atoms with Gasteiger partial charge >= 0.3 is 0 Å². The number of hydrogen-bond acceptors (Lipinski definition) is 1. The molecule has 1 N–H and O–H groups in total. The number of aliphatic hydroxyl groups excluding tert-OH is 1. The van der Waals surface area contributed by atoms with Gasteiger partial charge in [0.05, 0.1) is 0 Å². The molecule has 0 amide bonds. The van der Waals surface area contributed by atoms with E-state index in [0.29, 0.717) is 6.61 Å². The quantitative estimate of drug-likeness (QED) is 0.500. The summed E-state index contributed by atoms with van der Waals surface area (Å²) in [4.78, 5) is 0. The maximum absolute atomic E-state index is 8.29. The average Bonchev–Trinajstić information content (AvgIpc) is 2.08. The molecule has 0 saturated carbocycles. The summed E-state index contributed by atoms with van der Waals surface area (Å²) in [7, 11) is 0. The van der Waals surface area contributed by atoms with Crippen LogP contribution in [0.1, 0.15) is 46.5 Å². The van der Waals surface area contributed by atoms with Gasteiger partial charge in [0.25, 0.3) is 0 Å². The predicted molar refractivity (Wildman–Crippen MR) is 57.9 cm³/mol. The highest BCUT2D eigenvalue weighted by Gasteiger charge is 1.80. The molecule has 0 unspecified atom stereocenters. The van der Waals surface area contributed by atoms with Gasteiger partial charge < -0.3 is 5.11 Å². The second kappa shape index (κ2) is 17.5. The topological polar surface area (TPSA) is 20.2 Å². The van der Waals surface area contributed by atoms with Crippen molar-refractivity contribution >= 4 is 15.2 Å². The van der Waals surface area contributed by atoms with Gasteiger partial charge in [0.2, 0.25) is 0 Å². The summed E-state index contributed by atoms with van der Waals surface area (Å²) in [6.45, 7) is 7.02. The van der Waals surface area contributed by atoms with Gasteiger partial charge in [-0.05, 0) is 6.42 Å². The normalized spacial score (nSPS) is 8.67. The van der Waals surface area contributed by atoms with Crippen molar-refractivity contribution in [2.24, 2.45) is 0 Å². The standard InChI is InChI=1S/C6H14O.2C2H5.Al/c1-2-3-4-5-6-7;2*1-2;/h7H,2-6H2,1H3;2*1H2,2H3;. The van der Waals surface area contributed by atoms with Crippen LogP contribution in [0.4, 0.5) is 0 Å². The van der Waals surface area contributed by atoms with Gasteiger partial charge in [0, 0.05) is 6.61 Å². The van der Waals surface area contributed by atoms with Crippen LogP contribution in [-0.4, -0.2) is 26.9 Å².